The molecule has 2 aliphatic rings. The molecule has 0 bridgehead atoms. The third kappa shape index (κ3) is 5.50. The number of carbonyl (C=O) groups is 3. The van der Waals surface area contributed by atoms with E-state index in [2.05, 4.69) is 34.9 Å². The molecule has 4 rings (SSSR count). The molecule has 0 radical (unpaired) electrons. The second-order valence-electron chi connectivity index (χ2n) is 10.7. The summed E-state index contributed by atoms with van der Waals surface area (Å²) < 4.78 is 5.67. The van der Waals surface area contributed by atoms with Crippen molar-refractivity contribution in [2.75, 3.05) is 6.61 Å². The Morgan fingerprint density at radius 1 is 1.00 bits per heavy atom. The van der Waals surface area contributed by atoms with E-state index in [4.69, 9.17) is 4.74 Å². The van der Waals surface area contributed by atoms with Crippen LogP contribution in [-0.2, 0) is 14.3 Å². The summed E-state index contributed by atoms with van der Waals surface area (Å²) >= 11 is 0. The second-order valence-corrected chi connectivity index (χ2v) is 10.7. The number of carboxylic acids is 1. The first-order chi connectivity index (χ1) is 16.6. The number of fused-ring (bicyclic) bond motifs is 3. The molecule has 2 aromatic rings. The van der Waals surface area contributed by atoms with Crippen LogP contribution in [0.1, 0.15) is 63.5 Å². The number of aliphatic carboxylic acids is 1. The minimum absolute atomic E-state index is 0.0105. The van der Waals surface area contributed by atoms with E-state index in [1.165, 1.54) is 11.1 Å². The second kappa shape index (κ2) is 10.1. The number of carbonyl (C=O) groups excluding carboxylic acids is 2. The first kappa shape index (κ1) is 24.8. The van der Waals surface area contributed by atoms with Gasteiger partial charge in [-0.15, -0.1) is 0 Å². The van der Waals surface area contributed by atoms with Gasteiger partial charge in [0.05, 0.1) is 0 Å². The highest BCUT2D eigenvalue weighted by molar-refractivity contribution is 5.84. The van der Waals surface area contributed by atoms with Gasteiger partial charge in [-0.3, -0.25) is 4.79 Å². The van der Waals surface area contributed by atoms with Gasteiger partial charge in [0.15, 0.2) is 0 Å². The predicted molar refractivity (Wildman–Crippen MR) is 133 cm³/mol. The number of carboxylic acid groups (broad SMARTS) is 1. The van der Waals surface area contributed by atoms with Gasteiger partial charge in [-0.05, 0) is 46.4 Å². The average Bonchev–Trinajstić information content (AvgIpc) is 3.37. The maximum Gasteiger partial charge on any atom is 0.407 e. The molecule has 7 nitrogen and oxygen atoms in total. The standard InChI is InChI=1S/C28H34N2O5/c1-28(2,3)25(26(32)33)30-24(31)15-17-9-8-14-23(17)29-27(34)35-16-22-20-12-6-4-10-18(20)19-11-5-7-13-21(19)22/h4-7,10-13,17,22-23,25H,8-9,14-16H2,1-3H3,(H,29,34)(H,30,31)(H,32,33)/t17-,23+,25-/m0/s1. The molecule has 0 unspecified atom stereocenters. The summed E-state index contributed by atoms with van der Waals surface area (Å²) in [4.78, 5) is 36.9. The van der Waals surface area contributed by atoms with Crippen molar-refractivity contribution in [3.63, 3.8) is 0 Å². The molecule has 0 saturated heterocycles. The molecule has 0 heterocycles. The molecular formula is C28H34N2O5. The minimum Gasteiger partial charge on any atom is -0.480 e. The number of ether oxygens (including phenoxy) is 1. The van der Waals surface area contributed by atoms with Crippen molar-refractivity contribution in [1.29, 1.82) is 0 Å². The molecule has 1 saturated carbocycles. The lowest BCUT2D eigenvalue weighted by Crippen LogP contribution is -2.50. The van der Waals surface area contributed by atoms with E-state index in [1.807, 2.05) is 24.3 Å². The largest absolute Gasteiger partial charge is 0.480 e. The van der Waals surface area contributed by atoms with Crippen LogP contribution in [0.3, 0.4) is 0 Å². The van der Waals surface area contributed by atoms with Gasteiger partial charge >= 0.3 is 12.1 Å². The summed E-state index contributed by atoms with van der Waals surface area (Å²) in [5, 5.41) is 15.1. The summed E-state index contributed by atoms with van der Waals surface area (Å²) in [6.45, 7) is 5.58. The highest BCUT2D eigenvalue weighted by Gasteiger charge is 2.36. The van der Waals surface area contributed by atoms with E-state index < -0.39 is 23.5 Å². The predicted octanol–water partition coefficient (Wildman–Crippen LogP) is 4.70. The minimum atomic E-state index is -1.05. The van der Waals surface area contributed by atoms with Crippen LogP contribution in [0.2, 0.25) is 0 Å². The number of nitrogens with one attached hydrogen (secondary N) is 2. The summed E-state index contributed by atoms with van der Waals surface area (Å²) in [5.41, 5.74) is 4.06. The molecule has 0 aromatic heterocycles. The monoisotopic (exact) mass is 478 g/mol. The summed E-state index contributed by atoms with van der Waals surface area (Å²) in [6, 6.07) is 15.2. The van der Waals surface area contributed by atoms with Gasteiger partial charge in [0, 0.05) is 18.4 Å². The van der Waals surface area contributed by atoms with E-state index in [0.29, 0.717) is 0 Å². The summed E-state index contributed by atoms with van der Waals surface area (Å²) in [7, 11) is 0. The van der Waals surface area contributed by atoms with Crippen molar-refractivity contribution in [2.24, 2.45) is 11.3 Å². The molecule has 0 spiro atoms. The molecule has 3 atom stereocenters. The van der Waals surface area contributed by atoms with Crippen LogP contribution in [0.25, 0.3) is 11.1 Å². The van der Waals surface area contributed by atoms with E-state index in [-0.39, 0.29) is 36.8 Å². The smallest absolute Gasteiger partial charge is 0.407 e. The van der Waals surface area contributed by atoms with Crippen LogP contribution >= 0.6 is 0 Å². The topological polar surface area (TPSA) is 105 Å². The Balaban J connectivity index is 1.33. The van der Waals surface area contributed by atoms with Crippen LogP contribution in [-0.4, -0.2) is 41.8 Å². The van der Waals surface area contributed by atoms with Gasteiger partial charge in [0.25, 0.3) is 0 Å². The zero-order chi connectivity index (χ0) is 25.2. The van der Waals surface area contributed by atoms with Gasteiger partial charge in [0.1, 0.15) is 12.6 Å². The molecular weight excluding hydrogens is 444 g/mol. The molecule has 0 aliphatic heterocycles. The molecule has 186 valence electrons. The quantitative estimate of drug-likeness (QED) is 0.535. The van der Waals surface area contributed by atoms with Crippen LogP contribution in [0, 0.1) is 11.3 Å². The van der Waals surface area contributed by atoms with Crippen molar-refractivity contribution >= 4 is 18.0 Å². The lowest BCUT2D eigenvalue weighted by atomic mass is 9.86. The Bertz CT molecular complexity index is 1060. The number of rotatable bonds is 7. The van der Waals surface area contributed by atoms with Crippen LogP contribution < -0.4 is 10.6 Å². The number of alkyl carbamates (subject to hydrolysis) is 1. The van der Waals surface area contributed by atoms with E-state index in [1.54, 1.807) is 20.8 Å². The fraction of sp³-hybridized carbons (Fsp3) is 0.464. The summed E-state index contributed by atoms with van der Waals surface area (Å²) in [5.74, 6) is -1.42. The Morgan fingerprint density at radius 3 is 2.17 bits per heavy atom. The third-order valence-electron chi connectivity index (χ3n) is 7.17. The van der Waals surface area contributed by atoms with Crippen molar-refractivity contribution in [2.45, 2.75) is 64.5 Å². The van der Waals surface area contributed by atoms with E-state index in [9.17, 15) is 19.5 Å². The SMILES string of the molecule is CC(C)(C)[C@@H](NC(=O)C[C@@H]1CCC[C@H]1NC(=O)OCC1c2ccccc2-c2ccccc21)C(=O)O. The van der Waals surface area contributed by atoms with E-state index >= 15 is 0 Å². The Kier molecular flexibility index (Phi) is 7.15. The fourth-order valence-electron chi connectivity index (χ4n) is 5.37. The zero-order valence-electron chi connectivity index (χ0n) is 20.5. The van der Waals surface area contributed by atoms with Crippen molar-refractivity contribution in [3.05, 3.63) is 59.7 Å². The van der Waals surface area contributed by atoms with Gasteiger partial charge in [-0.2, -0.15) is 0 Å². The number of hydrogen-bond acceptors (Lipinski definition) is 4. The van der Waals surface area contributed by atoms with Gasteiger partial charge in [0.2, 0.25) is 5.91 Å². The first-order valence-corrected chi connectivity index (χ1v) is 12.3. The molecule has 3 N–H and O–H groups in total. The van der Waals surface area contributed by atoms with Crippen molar-refractivity contribution in [3.8, 4) is 11.1 Å². The maximum absolute atomic E-state index is 12.7. The number of amides is 2. The molecule has 35 heavy (non-hydrogen) atoms. The van der Waals surface area contributed by atoms with Gasteiger partial charge in [-0.25, -0.2) is 9.59 Å². The summed E-state index contributed by atoms with van der Waals surface area (Å²) in [6.07, 6.45) is 2.16. The molecule has 7 heteroatoms. The van der Waals surface area contributed by atoms with Crippen molar-refractivity contribution in [1.82, 2.24) is 10.6 Å². The molecule has 2 aliphatic carbocycles. The highest BCUT2D eigenvalue weighted by atomic mass is 16.5. The maximum atomic E-state index is 12.7. The normalized spacial score (nSPS) is 20.0. The van der Waals surface area contributed by atoms with Gasteiger partial charge < -0.3 is 20.5 Å². The van der Waals surface area contributed by atoms with Crippen molar-refractivity contribution < 1.29 is 24.2 Å². The Morgan fingerprint density at radius 2 is 1.60 bits per heavy atom. The zero-order valence-corrected chi connectivity index (χ0v) is 20.5. The number of hydrogen-bond donors (Lipinski definition) is 3. The molecule has 1 fully saturated rings. The lowest BCUT2D eigenvalue weighted by Gasteiger charge is -2.28. The number of benzene rings is 2. The molecule has 2 amide bonds. The highest BCUT2D eigenvalue weighted by Crippen LogP contribution is 2.44. The average molecular weight is 479 g/mol. The lowest BCUT2D eigenvalue weighted by molar-refractivity contribution is -0.145. The third-order valence-corrected chi connectivity index (χ3v) is 7.17. The van der Waals surface area contributed by atoms with Crippen LogP contribution in [0.5, 0.6) is 0 Å². The van der Waals surface area contributed by atoms with Crippen LogP contribution in [0.15, 0.2) is 48.5 Å². The Hall–Kier alpha value is -3.35. The Labute approximate surface area is 206 Å². The first-order valence-electron chi connectivity index (χ1n) is 12.3. The molecule has 2 aromatic carbocycles. The van der Waals surface area contributed by atoms with Crippen LogP contribution in [0.4, 0.5) is 4.79 Å². The van der Waals surface area contributed by atoms with E-state index in [0.717, 1.165) is 30.4 Å². The fourth-order valence-corrected chi connectivity index (χ4v) is 5.37. The van der Waals surface area contributed by atoms with Gasteiger partial charge in [-0.1, -0.05) is 75.7 Å².